The van der Waals surface area contributed by atoms with Gasteiger partial charge >= 0.3 is 0 Å². The van der Waals surface area contributed by atoms with Crippen LogP contribution in [0, 0.1) is 0 Å². The molecular weight excluding hydrogens is 180 g/mol. The second-order valence-corrected chi connectivity index (χ2v) is 3.88. The van der Waals surface area contributed by atoms with Gasteiger partial charge in [-0.2, -0.15) is 0 Å². The lowest BCUT2D eigenvalue weighted by atomic mass is 10.2. The summed E-state index contributed by atoms with van der Waals surface area (Å²) in [6.45, 7) is 3.41. The quantitative estimate of drug-likeness (QED) is 0.662. The van der Waals surface area contributed by atoms with Gasteiger partial charge in [0, 0.05) is 32.8 Å². The molecule has 1 aliphatic heterocycles. The molecule has 0 aromatic carbocycles. The summed E-state index contributed by atoms with van der Waals surface area (Å²) in [4.78, 5) is 2.34. The number of methoxy groups -OCH3 is 1. The van der Waals surface area contributed by atoms with Gasteiger partial charge in [-0.1, -0.05) is 0 Å². The third-order valence-corrected chi connectivity index (χ3v) is 2.93. The SMILES string of the molecule is COC(CN)CCN(C)C1CCOC1. The van der Waals surface area contributed by atoms with Gasteiger partial charge in [0.1, 0.15) is 0 Å². The molecule has 2 N–H and O–H groups in total. The van der Waals surface area contributed by atoms with E-state index in [0.29, 0.717) is 12.6 Å². The number of hydrogen-bond donors (Lipinski definition) is 1. The molecule has 1 saturated heterocycles. The molecule has 1 rings (SSSR count). The zero-order valence-corrected chi connectivity index (χ0v) is 9.24. The summed E-state index contributed by atoms with van der Waals surface area (Å²) in [5, 5.41) is 0. The predicted octanol–water partition coefficient (Wildman–Crippen LogP) is 0.0709. The van der Waals surface area contributed by atoms with Gasteiger partial charge in [-0.05, 0) is 19.9 Å². The first kappa shape index (κ1) is 11.9. The van der Waals surface area contributed by atoms with Crippen molar-refractivity contribution in [2.75, 3.05) is 40.5 Å². The van der Waals surface area contributed by atoms with Crippen LogP contribution in [-0.2, 0) is 9.47 Å². The Morgan fingerprint density at radius 2 is 2.43 bits per heavy atom. The van der Waals surface area contributed by atoms with Crippen LogP contribution in [0.25, 0.3) is 0 Å². The van der Waals surface area contributed by atoms with Crippen LogP contribution in [0.5, 0.6) is 0 Å². The lowest BCUT2D eigenvalue weighted by Crippen LogP contribution is -2.35. The summed E-state index contributed by atoms with van der Waals surface area (Å²) < 4.78 is 10.6. The molecular formula is C10H22N2O2. The van der Waals surface area contributed by atoms with E-state index in [9.17, 15) is 0 Å². The fourth-order valence-corrected chi connectivity index (χ4v) is 1.73. The Balaban J connectivity index is 2.15. The molecule has 1 heterocycles. The fourth-order valence-electron chi connectivity index (χ4n) is 1.73. The molecule has 84 valence electrons. The van der Waals surface area contributed by atoms with E-state index in [-0.39, 0.29) is 6.10 Å². The maximum Gasteiger partial charge on any atom is 0.0705 e. The maximum atomic E-state index is 5.55. The maximum absolute atomic E-state index is 5.55. The highest BCUT2D eigenvalue weighted by atomic mass is 16.5. The lowest BCUT2D eigenvalue weighted by Gasteiger charge is -2.24. The van der Waals surface area contributed by atoms with Crippen molar-refractivity contribution in [3.8, 4) is 0 Å². The van der Waals surface area contributed by atoms with Crippen LogP contribution in [0.4, 0.5) is 0 Å². The minimum Gasteiger partial charge on any atom is -0.380 e. The topological polar surface area (TPSA) is 47.7 Å². The minimum absolute atomic E-state index is 0.194. The van der Waals surface area contributed by atoms with E-state index < -0.39 is 0 Å². The first-order chi connectivity index (χ1) is 6.77. The molecule has 2 unspecified atom stereocenters. The fraction of sp³-hybridized carbons (Fsp3) is 1.00. The summed E-state index contributed by atoms with van der Waals surface area (Å²) in [6.07, 6.45) is 2.34. The van der Waals surface area contributed by atoms with E-state index >= 15 is 0 Å². The van der Waals surface area contributed by atoms with Crippen molar-refractivity contribution in [1.82, 2.24) is 4.90 Å². The van der Waals surface area contributed by atoms with Crippen LogP contribution >= 0.6 is 0 Å². The largest absolute Gasteiger partial charge is 0.380 e. The number of nitrogens with two attached hydrogens (primary N) is 1. The van der Waals surface area contributed by atoms with Crippen molar-refractivity contribution in [2.24, 2.45) is 5.73 Å². The minimum atomic E-state index is 0.194. The Kier molecular flexibility index (Phi) is 5.40. The van der Waals surface area contributed by atoms with E-state index in [2.05, 4.69) is 11.9 Å². The number of ether oxygens (including phenoxy) is 2. The molecule has 4 nitrogen and oxygen atoms in total. The average Bonchev–Trinajstić information content (AvgIpc) is 2.72. The smallest absolute Gasteiger partial charge is 0.0705 e. The Morgan fingerprint density at radius 1 is 1.64 bits per heavy atom. The first-order valence-electron chi connectivity index (χ1n) is 5.28. The summed E-state index contributed by atoms with van der Waals surface area (Å²) in [5.41, 5.74) is 5.55. The average molecular weight is 202 g/mol. The molecule has 0 amide bonds. The Hall–Kier alpha value is -0.160. The Bertz CT molecular complexity index is 145. The molecule has 1 fully saturated rings. The second kappa shape index (κ2) is 6.35. The van der Waals surface area contributed by atoms with E-state index in [4.69, 9.17) is 15.2 Å². The van der Waals surface area contributed by atoms with Crippen molar-refractivity contribution in [3.63, 3.8) is 0 Å². The van der Waals surface area contributed by atoms with Crippen LogP contribution in [0.2, 0.25) is 0 Å². The third-order valence-electron chi connectivity index (χ3n) is 2.93. The summed E-state index contributed by atoms with van der Waals surface area (Å²) in [5.74, 6) is 0. The molecule has 0 radical (unpaired) electrons. The van der Waals surface area contributed by atoms with Crippen molar-refractivity contribution >= 4 is 0 Å². The normalized spacial score (nSPS) is 24.4. The molecule has 1 aliphatic rings. The van der Waals surface area contributed by atoms with E-state index in [1.165, 1.54) is 0 Å². The summed E-state index contributed by atoms with van der Waals surface area (Å²) in [6, 6.07) is 0.588. The van der Waals surface area contributed by atoms with Gasteiger partial charge in [0.05, 0.1) is 12.7 Å². The van der Waals surface area contributed by atoms with Crippen LogP contribution in [0.1, 0.15) is 12.8 Å². The Labute approximate surface area is 86.3 Å². The zero-order valence-electron chi connectivity index (χ0n) is 9.24. The van der Waals surface area contributed by atoms with Gasteiger partial charge in [-0.3, -0.25) is 0 Å². The molecule has 0 bridgehead atoms. The third kappa shape index (κ3) is 3.53. The van der Waals surface area contributed by atoms with E-state index in [1.807, 2.05) is 0 Å². The highest BCUT2D eigenvalue weighted by Crippen LogP contribution is 2.11. The number of nitrogens with zero attached hydrogens (tertiary/aromatic N) is 1. The monoisotopic (exact) mass is 202 g/mol. The van der Waals surface area contributed by atoms with Crippen LogP contribution < -0.4 is 5.73 Å². The van der Waals surface area contributed by atoms with Crippen molar-refractivity contribution < 1.29 is 9.47 Å². The van der Waals surface area contributed by atoms with Crippen LogP contribution in [0.15, 0.2) is 0 Å². The summed E-state index contributed by atoms with van der Waals surface area (Å²) in [7, 11) is 3.86. The lowest BCUT2D eigenvalue weighted by molar-refractivity contribution is 0.0846. The van der Waals surface area contributed by atoms with E-state index in [0.717, 1.165) is 32.6 Å². The van der Waals surface area contributed by atoms with Crippen molar-refractivity contribution in [1.29, 1.82) is 0 Å². The number of hydrogen-bond acceptors (Lipinski definition) is 4. The molecule has 0 spiro atoms. The van der Waals surface area contributed by atoms with Gasteiger partial charge < -0.3 is 20.1 Å². The number of likely N-dealkylation sites (N-methyl/N-ethyl adjacent to an activating group) is 1. The second-order valence-electron chi connectivity index (χ2n) is 3.88. The van der Waals surface area contributed by atoms with Gasteiger partial charge in [0.25, 0.3) is 0 Å². The van der Waals surface area contributed by atoms with Gasteiger partial charge in [0.15, 0.2) is 0 Å². The van der Waals surface area contributed by atoms with Gasteiger partial charge in [0.2, 0.25) is 0 Å². The Morgan fingerprint density at radius 3 is 2.93 bits per heavy atom. The predicted molar refractivity (Wildman–Crippen MR) is 56.3 cm³/mol. The van der Waals surface area contributed by atoms with Gasteiger partial charge in [-0.25, -0.2) is 0 Å². The standard InChI is InChI=1S/C10H22N2O2/c1-12(9-4-6-14-8-9)5-3-10(7-11)13-2/h9-10H,3-8,11H2,1-2H3. The zero-order chi connectivity index (χ0) is 10.4. The van der Waals surface area contributed by atoms with E-state index in [1.54, 1.807) is 7.11 Å². The van der Waals surface area contributed by atoms with Crippen molar-refractivity contribution in [3.05, 3.63) is 0 Å². The van der Waals surface area contributed by atoms with Crippen LogP contribution in [-0.4, -0.2) is 57.5 Å². The molecule has 0 aromatic rings. The van der Waals surface area contributed by atoms with Crippen LogP contribution in [0.3, 0.4) is 0 Å². The first-order valence-corrected chi connectivity index (χ1v) is 5.28. The highest BCUT2D eigenvalue weighted by Gasteiger charge is 2.20. The van der Waals surface area contributed by atoms with Gasteiger partial charge in [-0.15, -0.1) is 0 Å². The molecule has 0 aliphatic carbocycles. The highest BCUT2D eigenvalue weighted by molar-refractivity contribution is 4.74. The molecule has 0 saturated carbocycles. The summed E-state index contributed by atoms with van der Waals surface area (Å²) >= 11 is 0. The molecule has 0 aromatic heterocycles. The molecule has 14 heavy (non-hydrogen) atoms. The van der Waals surface area contributed by atoms with Crippen molar-refractivity contribution in [2.45, 2.75) is 25.0 Å². The molecule has 2 atom stereocenters. The number of rotatable bonds is 6. The molecule has 4 heteroatoms.